The van der Waals surface area contributed by atoms with E-state index in [0.29, 0.717) is 10.7 Å². The second kappa shape index (κ2) is 8.31. The number of benzene rings is 2. The Labute approximate surface area is 178 Å². The van der Waals surface area contributed by atoms with Crippen molar-refractivity contribution < 1.29 is 9.53 Å². The molecule has 0 saturated carbocycles. The Morgan fingerprint density at radius 3 is 2.62 bits per heavy atom. The molecule has 0 aliphatic heterocycles. The van der Waals surface area contributed by atoms with Crippen molar-refractivity contribution >= 4 is 39.8 Å². The number of hydrogen-bond donors (Lipinski definition) is 0. The number of aryl methyl sites for hydroxylation is 2. The zero-order valence-corrected chi connectivity index (χ0v) is 17.7. The van der Waals surface area contributed by atoms with E-state index in [4.69, 9.17) is 16.3 Å². The highest BCUT2D eigenvalue weighted by atomic mass is 35.5. The first-order valence-corrected chi connectivity index (χ1v) is 10.4. The van der Waals surface area contributed by atoms with Crippen LogP contribution in [0.3, 0.4) is 0 Å². The Morgan fingerprint density at radius 2 is 1.83 bits per heavy atom. The van der Waals surface area contributed by atoms with Gasteiger partial charge in [-0.15, -0.1) is 11.3 Å². The maximum atomic E-state index is 12.5. The van der Waals surface area contributed by atoms with Gasteiger partial charge in [-0.3, -0.25) is 4.79 Å². The van der Waals surface area contributed by atoms with Crippen LogP contribution in [-0.4, -0.2) is 15.9 Å². The van der Waals surface area contributed by atoms with E-state index in [2.05, 4.69) is 9.97 Å². The lowest BCUT2D eigenvalue weighted by Crippen LogP contribution is -2.08. The molecular weight excluding hydrogens is 404 g/mol. The van der Waals surface area contributed by atoms with Gasteiger partial charge in [0.1, 0.15) is 11.8 Å². The van der Waals surface area contributed by atoms with Crippen LogP contribution in [0.15, 0.2) is 54.6 Å². The molecule has 0 radical (unpaired) electrons. The van der Waals surface area contributed by atoms with Crippen LogP contribution in [0.1, 0.15) is 21.0 Å². The van der Waals surface area contributed by atoms with Gasteiger partial charge >= 0.3 is 5.97 Å². The van der Waals surface area contributed by atoms with Gasteiger partial charge in [0.25, 0.3) is 0 Å². The average Bonchev–Trinajstić information content (AvgIpc) is 3.07. The second-order valence-electron chi connectivity index (χ2n) is 6.84. The highest BCUT2D eigenvalue weighted by Crippen LogP contribution is 2.29. The fraction of sp³-hybridized carbons (Fsp3) is 0.174. The Bertz CT molecular complexity index is 1190. The van der Waals surface area contributed by atoms with Crippen LogP contribution < -0.4 is 0 Å². The molecule has 2 aromatic heterocycles. The molecule has 0 aliphatic carbocycles. The maximum Gasteiger partial charge on any atom is 0.311 e. The summed E-state index contributed by atoms with van der Waals surface area (Å²) in [6.45, 7) is 4.08. The summed E-state index contributed by atoms with van der Waals surface area (Å²) in [4.78, 5) is 22.4. The van der Waals surface area contributed by atoms with Gasteiger partial charge in [0, 0.05) is 21.4 Å². The molecule has 0 saturated heterocycles. The summed E-state index contributed by atoms with van der Waals surface area (Å²) in [6.07, 6.45) is 0.174. The first kappa shape index (κ1) is 19.6. The van der Waals surface area contributed by atoms with E-state index in [1.807, 2.05) is 68.4 Å². The van der Waals surface area contributed by atoms with Crippen LogP contribution in [0.4, 0.5) is 0 Å². The van der Waals surface area contributed by atoms with E-state index in [9.17, 15) is 4.79 Å². The van der Waals surface area contributed by atoms with E-state index in [1.165, 1.54) is 16.9 Å². The minimum Gasteiger partial charge on any atom is -0.460 e. The zero-order chi connectivity index (χ0) is 20.4. The smallest absolute Gasteiger partial charge is 0.311 e. The quantitative estimate of drug-likeness (QED) is 0.296. The molecule has 4 rings (SSSR count). The van der Waals surface area contributed by atoms with E-state index in [0.717, 1.165) is 32.0 Å². The molecule has 2 aromatic carbocycles. The number of nitrogens with zero attached hydrogens (tertiary/aromatic N) is 2. The van der Waals surface area contributed by atoms with Crippen molar-refractivity contribution in [1.82, 2.24) is 9.97 Å². The van der Waals surface area contributed by atoms with Crippen LogP contribution in [0.5, 0.6) is 0 Å². The Hall–Kier alpha value is -2.76. The van der Waals surface area contributed by atoms with E-state index in [-0.39, 0.29) is 19.0 Å². The number of carbonyl (C=O) groups excluding carboxylic acids is 1. The van der Waals surface area contributed by atoms with Crippen molar-refractivity contribution in [3.63, 3.8) is 0 Å². The molecule has 0 N–H and O–H groups in total. The SMILES string of the molecule is Cc1ccc(-c2nc(C)sc2CC(=O)OCc2cc3ccccc3nc2Cl)cc1. The van der Waals surface area contributed by atoms with E-state index < -0.39 is 0 Å². The summed E-state index contributed by atoms with van der Waals surface area (Å²) in [5, 5.41) is 2.23. The summed E-state index contributed by atoms with van der Waals surface area (Å²) in [5.74, 6) is -0.314. The van der Waals surface area contributed by atoms with Gasteiger partial charge in [0.05, 0.1) is 22.6 Å². The van der Waals surface area contributed by atoms with Gasteiger partial charge in [-0.25, -0.2) is 9.97 Å². The van der Waals surface area contributed by atoms with E-state index >= 15 is 0 Å². The summed E-state index contributed by atoms with van der Waals surface area (Å²) < 4.78 is 5.50. The molecule has 0 amide bonds. The first-order chi connectivity index (χ1) is 14.0. The maximum absolute atomic E-state index is 12.5. The molecule has 6 heteroatoms. The van der Waals surface area contributed by atoms with Gasteiger partial charge < -0.3 is 4.74 Å². The van der Waals surface area contributed by atoms with Crippen molar-refractivity contribution in [1.29, 1.82) is 0 Å². The number of halogens is 1. The monoisotopic (exact) mass is 422 g/mol. The molecule has 0 bridgehead atoms. The number of rotatable bonds is 5. The van der Waals surface area contributed by atoms with Crippen LogP contribution in [-0.2, 0) is 22.6 Å². The van der Waals surface area contributed by atoms with Crippen molar-refractivity contribution in [2.24, 2.45) is 0 Å². The minimum atomic E-state index is -0.314. The Balaban J connectivity index is 1.48. The second-order valence-corrected chi connectivity index (χ2v) is 8.48. The average molecular weight is 423 g/mol. The predicted octanol–water partition coefficient (Wildman–Crippen LogP) is 5.91. The van der Waals surface area contributed by atoms with Gasteiger partial charge in [0.15, 0.2) is 0 Å². The number of hydrogen-bond acceptors (Lipinski definition) is 5. The van der Waals surface area contributed by atoms with Crippen LogP contribution >= 0.6 is 22.9 Å². The van der Waals surface area contributed by atoms with Gasteiger partial charge in [0.2, 0.25) is 0 Å². The van der Waals surface area contributed by atoms with Crippen LogP contribution in [0.25, 0.3) is 22.2 Å². The van der Waals surface area contributed by atoms with Crippen molar-refractivity contribution in [2.75, 3.05) is 0 Å². The fourth-order valence-electron chi connectivity index (χ4n) is 3.10. The lowest BCUT2D eigenvalue weighted by molar-refractivity contribution is -0.144. The number of para-hydroxylation sites is 1. The molecule has 0 fully saturated rings. The first-order valence-electron chi connectivity index (χ1n) is 9.23. The lowest BCUT2D eigenvalue weighted by Gasteiger charge is -2.08. The predicted molar refractivity (Wildman–Crippen MR) is 117 cm³/mol. The van der Waals surface area contributed by atoms with Gasteiger partial charge in [-0.05, 0) is 26.0 Å². The lowest BCUT2D eigenvalue weighted by atomic mass is 10.1. The molecule has 0 spiro atoms. The topological polar surface area (TPSA) is 52.1 Å². The van der Waals surface area contributed by atoms with Gasteiger partial charge in [-0.2, -0.15) is 0 Å². The summed E-state index contributed by atoms with van der Waals surface area (Å²) in [6, 6.07) is 17.8. The normalized spacial score (nSPS) is 11.0. The number of fused-ring (bicyclic) bond motifs is 1. The number of esters is 1. The Kier molecular flexibility index (Phi) is 5.60. The summed E-state index contributed by atoms with van der Waals surface area (Å²) >= 11 is 7.78. The van der Waals surface area contributed by atoms with Crippen molar-refractivity contribution in [2.45, 2.75) is 26.9 Å². The molecule has 0 unspecified atom stereocenters. The standard InChI is InChI=1S/C23H19ClN2O2S/c1-14-7-9-16(10-8-14)22-20(29-15(2)25-22)12-21(27)28-13-18-11-17-5-3-4-6-19(17)26-23(18)24/h3-11H,12-13H2,1-2H3. The number of thiazole rings is 1. The highest BCUT2D eigenvalue weighted by molar-refractivity contribution is 7.12. The molecule has 146 valence electrons. The molecule has 0 aliphatic rings. The third-order valence-electron chi connectivity index (χ3n) is 4.57. The zero-order valence-electron chi connectivity index (χ0n) is 16.1. The van der Waals surface area contributed by atoms with Gasteiger partial charge in [-0.1, -0.05) is 59.6 Å². The van der Waals surface area contributed by atoms with Crippen molar-refractivity contribution in [3.05, 3.63) is 80.8 Å². The Morgan fingerprint density at radius 1 is 1.07 bits per heavy atom. The molecular formula is C23H19ClN2O2S. The minimum absolute atomic E-state index is 0.0904. The molecule has 4 aromatic rings. The van der Waals surface area contributed by atoms with E-state index in [1.54, 1.807) is 0 Å². The molecule has 4 nitrogen and oxygen atoms in total. The third kappa shape index (κ3) is 4.47. The molecule has 2 heterocycles. The van der Waals surface area contributed by atoms with Crippen molar-refractivity contribution in [3.8, 4) is 11.3 Å². The fourth-order valence-corrected chi connectivity index (χ4v) is 4.25. The summed E-state index contributed by atoms with van der Waals surface area (Å²) in [5.41, 5.74) is 4.54. The van der Waals surface area contributed by atoms with Crippen LogP contribution in [0, 0.1) is 13.8 Å². The van der Waals surface area contributed by atoms with Crippen LogP contribution in [0.2, 0.25) is 5.15 Å². The molecule has 29 heavy (non-hydrogen) atoms. The number of ether oxygens (including phenoxy) is 1. The highest BCUT2D eigenvalue weighted by Gasteiger charge is 2.16. The number of aromatic nitrogens is 2. The third-order valence-corrected chi connectivity index (χ3v) is 5.87. The summed E-state index contributed by atoms with van der Waals surface area (Å²) in [7, 11) is 0. The largest absolute Gasteiger partial charge is 0.460 e. The number of carbonyl (C=O) groups is 1. The number of pyridine rings is 1. The molecule has 0 atom stereocenters.